The molecule has 3 heteroatoms. The Hall–Kier alpha value is -0.830. The molecule has 1 N–H and O–H groups in total. The van der Waals surface area contributed by atoms with E-state index in [1.165, 1.54) is 0 Å². The van der Waals surface area contributed by atoms with E-state index in [1.54, 1.807) is 6.08 Å². The number of carbonyl (C=O) groups excluding carboxylic acids is 1. The molecule has 0 saturated carbocycles. The summed E-state index contributed by atoms with van der Waals surface area (Å²) < 4.78 is 5.05. The van der Waals surface area contributed by atoms with Crippen molar-refractivity contribution in [1.29, 1.82) is 0 Å². The first-order valence-electron chi connectivity index (χ1n) is 4.14. The SMILES string of the molecule is C=CC1C(CCO)OC(=O)C1C. The molecule has 3 nitrogen and oxygen atoms in total. The summed E-state index contributed by atoms with van der Waals surface area (Å²) in [5.41, 5.74) is 0. The van der Waals surface area contributed by atoms with Crippen LogP contribution in [0, 0.1) is 11.8 Å². The Bertz CT molecular complexity index is 188. The minimum Gasteiger partial charge on any atom is -0.461 e. The van der Waals surface area contributed by atoms with Gasteiger partial charge in [0.15, 0.2) is 0 Å². The van der Waals surface area contributed by atoms with E-state index in [-0.39, 0.29) is 30.5 Å². The van der Waals surface area contributed by atoms with Gasteiger partial charge in [-0.05, 0) is 0 Å². The molecule has 0 radical (unpaired) electrons. The number of rotatable bonds is 3. The number of hydrogen-bond acceptors (Lipinski definition) is 3. The van der Waals surface area contributed by atoms with Crippen LogP contribution in [0.25, 0.3) is 0 Å². The fourth-order valence-corrected chi connectivity index (χ4v) is 1.55. The van der Waals surface area contributed by atoms with Gasteiger partial charge in [0.05, 0.1) is 5.92 Å². The van der Waals surface area contributed by atoms with Crippen LogP contribution in [0.15, 0.2) is 12.7 Å². The Morgan fingerprint density at radius 2 is 2.42 bits per heavy atom. The number of aliphatic hydroxyl groups is 1. The summed E-state index contributed by atoms with van der Waals surface area (Å²) in [5.74, 6) is -0.234. The van der Waals surface area contributed by atoms with Crippen LogP contribution in [-0.4, -0.2) is 23.8 Å². The van der Waals surface area contributed by atoms with Crippen LogP contribution in [0.5, 0.6) is 0 Å². The monoisotopic (exact) mass is 170 g/mol. The highest BCUT2D eigenvalue weighted by Crippen LogP contribution is 2.30. The summed E-state index contributed by atoms with van der Waals surface area (Å²) in [6, 6.07) is 0. The number of ether oxygens (including phenoxy) is 1. The fraction of sp³-hybridized carbons (Fsp3) is 0.667. The molecule has 0 amide bonds. The largest absolute Gasteiger partial charge is 0.461 e. The van der Waals surface area contributed by atoms with Crippen molar-refractivity contribution in [2.75, 3.05) is 6.61 Å². The van der Waals surface area contributed by atoms with Crippen LogP contribution in [0.1, 0.15) is 13.3 Å². The number of aliphatic hydroxyl groups excluding tert-OH is 1. The maximum absolute atomic E-state index is 11.1. The van der Waals surface area contributed by atoms with Crippen molar-refractivity contribution in [3.8, 4) is 0 Å². The second-order valence-electron chi connectivity index (χ2n) is 3.09. The Labute approximate surface area is 72.0 Å². The van der Waals surface area contributed by atoms with Gasteiger partial charge in [-0.25, -0.2) is 0 Å². The standard InChI is InChI=1S/C9H14O3/c1-3-7-6(2)9(11)12-8(7)4-5-10/h3,6-8,10H,1,4-5H2,2H3. The van der Waals surface area contributed by atoms with Crippen molar-refractivity contribution in [2.45, 2.75) is 19.4 Å². The van der Waals surface area contributed by atoms with Gasteiger partial charge < -0.3 is 9.84 Å². The lowest BCUT2D eigenvalue weighted by Crippen LogP contribution is -2.18. The van der Waals surface area contributed by atoms with Crippen molar-refractivity contribution in [3.05, 3.63) is 12.7 Å². The number of carbonyl (C=O) groups is 1. The van der Waals surface area contributed by atoms with E-state index in [0.717, 1.165) is 0 Å². The van der Waals surface area contributed by atoms with E-state index < -0.39 is 0 Å². The summed E-state index contributed by atoms with van der Waals surface area (Å²) in [6.07, 6.45) is 2.07. The van der Waals surface area contributed by atoms with E-state index in [4.69, 9.17) is 9.84 Å². The molecule has 12 heavy (non-hydrogen) atoms. The van der Waals surface area contributed by atoms with Crippen LogP contribution >= 0.6 is 0 Å². The lowest BCUT2D eigenvalue weighted by Gasteiger charge is -2.13. The maximum atomic E-state index is 11.1. The third kappa shape index (κ3) is 1.50. The molecule has 0 aromatic heterocycles. The van der Waals surface area contributed by atoms with E-state index in [2.05, 4.69) is 6.58 Å². The van der Waals surface area contributed by atoms with E-state index in [0.29, 0.717) is 6.42 Å². The third-order valence-electron chi connectivity index (χ3n) is 2.33. The second-order valence-corrected chi connectivity index (χ2v) is 3.09. The summed E-state index contributed by atoms with van der Waals surface area (Å²) in [6.45, 7) is 5.52. The summed E-state index contributed by atoms with van der Waals surface area (Å²) >= 11 is 0. The van der Waals surface area contributed by atoms with Crippen LogP contribution < -0.4 is 0 Å². The van der Waals surface area contributed by atoms with E-state index in [9.17, 15) is 4.79 Å². The Morgan fingerprint density at radius 3 is 2.92 bits per heavy atom. The zero-order chi connectivity index (χ0) is 9.14. The summed E-state index contributed by atoms with van der Waals surface area (Å²) in [4.78, 5) is 11.1. The topological polar surface area (TPSA) is 46.5 Å². The Balaban J connectivity index is 2.64. The summed E-state index contributed by atoms with van der Waals surface area (Å²) in [7, 11) is 0. The molecule has 0 aromatic carbocycles. The molecule has 1 fully saturated rings. The molecule has 0 spiro atoms. The van der Waals surface area contributed by atoms with Crippen LogP contribution in [0.2, 0.25) is 0 Å². The van der Waals surface area contributed by atoms with Gasteiger partial charge in [0.1, 0.15) is 6.10 Å². The van der Waals surface area contributed by atoms with Gasteiger partial charge in [0.25, 0.3) is 0 Å². The maximum Gasteiger partial charge on any atom is 0.309 e. The molecule has 1 aliphatic rings. The molecule has 0 bridgehead atoms. The lowest BCUT2D eigenvalue weighted by atomic mass is 9.91. The normalized spacial score (nSPS) is 34.8. The average molecular weight is 170 g/mol. The van der Waals surface area contributed by atoms with E-state index >= 15 is 0 Å². The molecule has 3 atom stereocenters. The van der Waals surface area contributed by atoms with Gasteiger partial charge in [0, 0.05) is 18.9 Å². The molecule has 68 valence electrons. The van der Waals surface area contributed by atoms with Crippen molar-refractivity contribution in [2.24, 2.45) is 11.8 Å². The molecule has 1 heterocycles. The van der Waals surface area contributed by atoms with Gasteiger partial charge in [0.2, 0.25) is 0 Å². The first-order chi connectivity index (χ1) is 5.70. The van der Waals surface area contributed by atoms with Gasteiger partial charge in [-0.3, -0.25) is 4.79 Å². The molecule has 1 rings (SSSR count). The van der Waals surface area contributed by atoms with Gasteiger partial charge in [-0.1, -0.05) is 13.0 Å². The van der Waals surface area contributed by atoms with Crippen molar-refractivity contribution in [3.63, 3.8) is 0 Å². The quantitative estimate of drug-likeness (QED) is 0.501. The lowest BCUT2D eigenvalue weighted by molar-refractivity contribution is -0.144. The first-order valence-corrected chi connectivity index (χ1v) is 4.14. The minimum atomic E-state index is -0.182. The Kier molecular flexibility index (Phi) is 2.87. The van der Waals surface area contributed by atoms with Crippen molar-refractivity contribution in [1.82, 2.24) is 0 Å². The fourth-order valence-electron chi connectivity index (χ4n) is 1.55. The first kappa shape index (κ1) is 9.26. The second kappa shape index (κ2) is 3.72. The highest BCUT2D eigenvalue weighted by molar-refractivity contribution is 5.75. The Morgan fingerprint density at radius 1 is 1.75 bits per heavy atom. The molecular formula is C9H14O3. The molecule has 0 aromatic rings. The van der Waals surface area contributed by atoms with Gasteiger partial charge in [-0.2, -0.15) is 0 Å². The van der Waals surface area contributed by atoms with Crippen molar-refractivity contribution < 1.29 is 14.6 Å². The summed E-state index contributed by atoms with van der Waals surface area (Å²) in [5, 5.41) is 8.69. The predicted octanol–water partition coefficient (Wildman–Crippen LogP) is 0.732. The molecule has 0 aliphatic carbocycles. The zero-order valence-corrected chi connectivity index (χ0v) is 7.19. The van der Waals surface area contributed by atoms with Crippen molar-refractivity contribution >= 4 is 5.97 Å². The molecule has 1 saturated heterocycles. The predicted molar refractivity (Wildman–Crippen MR) is 44.4 cm³/mol. The third-order valence-corrected chi connectivity index (χ3v) is 2.33. The van der Waals surface area contributed by atoms with Gasteiger partial charge in [-0.15, -0.1) is 6.58 Å². The number of esters is 1. The molecule has 3 unspecified atom stereocenters. The van der Waals surface area contributed by atoms with E-state index in [1.807, 2.05) is 6.92 Å². The molecule has 1 aliphatic heterocycles. The smallest absolute Gasteiger partial charge is 0.309 e. The highest BCUT2D eigenvalue weighted by atomic mass is 16.6. The van der Waals surface area contributed by atoms with Crippen LogP contribution in [-0.2, 0) is 9.53 Å². The minimum absolute atomic E-state index is 0.0506. The number of hydrogen-bond donors (Lipinski definition) is 1. The molecular weight excluding hydrogens is 156 g/mol. The average Bonchev–Trinajstić information content (AvgIpc) is 2.29. The number of cyclic esters (lactones) is 1. The highest BCUT2D eigenvalue weighted by Gasteiger charge is 2.39. The van der Waals surface area contributed by atoms with Crippen LogP contribution in [0.4, 0.5) is 0 Å². The van der Waals surface area contributed by atoms with Gasteiger partial charge >= 0.3 is 5.97 Å². The zero-order valence-electron chi connectivity index (χ0n) is 7.19. The van der Waals surface area contributed by atoms with Crippen LogP contribution in [0.3, 0.4) is 0 Å².